The molecular formula is C12H9N3O3. The minimum atomic E-state index is -1.18. The Kier molecular flexibility index (Phi) is 3.01. The summed E-state index contributed by atoms with van der Waals surface area (Å²) >= 11 is 0. The van der Waals surface area contributed by atoms with Gasteiger partial charge in [-0.25, -0.2) is 4.79 Å². The summed E-state index contributed by atoms with van der Waals surface area (Å²) in [6.45, 7) is 0. The zero-order valence-corrected chi connectivity index (χ0v) is 9.20. The van der Waals surface area contributed by atoms with Crippen LogP contribution >= 0.6 is 0 Å². The minimum Gasteiger partial charge on any atom is -0.478 e. The Labute approximate surface area is 102 Å². The molecule has 1 heterocycles. The maximum absolute atomic E-state index is 12.1. The first kappa shape index (κ1) is 11.7. The van der Waals surface area contributed by atoms with E-state index < -0.39 is 11.8 Å². The number of carbonyl (C=O) groups excluding carboxylic acids is 1. The molecule has 0 bridgehead atoms. The van der Waals surface area contributed by atoms with Gasteiger partial charge in [0.15, 0.2) is 0 Å². The van der Waals surface area contributed by atoms with Gasteiger partial charge in [0, 0.05) is 11.8 Å². The summed E-state index contributed by atoms with van der Waals surface area (Å²) in [5, 5.41) is 16.2. The van der Waals surface area contributed by atoms with Crippen LogP contribution in [0.4, 0.5) is 5.69 Å². The van der Waals surface area contributed by atoms with Crippen LogP contribution in [-0.4, -0.2) is 27.1 Å². The molecule has 0 saturated carbocycles. The third-order valence-corrected chi connectivity index (χ3v) is 2.39. The number of rotatable bonds is 3. The lowest BCUT2D eigenvalue weighted by molar-refractivity contribution is 0.0698. The van der Waals surface area contributed by atoms with Crippen molar-refractivity contribution in [3.05, 3.63) is 53.3 Å². The number of nitrogens with two attached hydrogens (primary N) is 1. The highest BCUT2D eigenvalue weighted by molar-refractivity contribution is 6.13. The summed E-state index contributed by atoms with van der Waals surface area (Å²) in [5.41, 5.74) is 5.72. The topological polar surface area (TPSA) is 106 Å². The molecule has 0 aliphatic rings. The number of aromatic nitrogens is 2. The molecule has 1 aromatic carbocycles. The number of aromatic carboxylic acids is 1. The number of hydrogen-bond acceptors (Lipinski definition) is 5. The van der Waals surface area contributed by atoms with Gasteiger partial charge >= 0.3 is 5.97 Å². The molecule has 0 atom stereocenters. The SMILES string of the molecule is Nc1c(C(=O)O)cccc1C(=O)c1cccnn1. The number of carboxylic acids is 1. The second kappa shape index (κ2) is 4.62. The van der Waals surface area contributed by atoms with E-state index in [1.807, 2.05) is 0 Å². The molecule has 0 amide bonds. The Bertz CT molecular complexity index is 611. The van der Waals surface area contributed by atoms with Crippen molar-refractivity contribution in [1.29, 1.82) is 0 Å². The summed E-state index contributed by atoms with van der Waals surface area (Å²) in [6.07, 6.45) is 1.44. The lowest BCUT2D eigenvalue weighted by Gasteiger charge is -2.06. The molecule has 0 radical (unpaired) electrons. The van der Waals surface area contributed by atoms with E-state index in [-0.39, 0.29) is 22.5 Å². The number of para-hydroxylation sites is 1. The molecule has 6 heteroatoms. The van der Waals surface area contributed by atoms with Crippen molar-refractivity contribution in [3.63, 3.8) is 0 Å². The van der Waals surface area contributed by atoms with Crippen LogP contribution in [0.5, 0.6) is 0 Å². The smallest absolute Gasteiger partial charge is 0.337 e. The van der Waals surface area contributed by atoms with Crippen LogP contribution in [0.1, 0.15) is 26.4 Å². The predicted octanol–water partition coefficient (Wildman–Crippen LogP) is 0.988. The first-order valence-electron chi connectivity index (χ1n) is 5.05. The number of anilines is 1. The van der Waals surface area contributed by atoms with Gasteiger partial charge in [-0.2, -0.15) is 5.10 Å². The molecule has 0 saturated heterocycles. The second-order valence-corrected chi connectivity index (χ2v) is 3.51. The van der Waals surface area contributed by atoms with Crippen molar-refractivity contribution >= 4 is 17.4 Å². The van der Waals surface area contributed by atoms with E-state index in [4.69, 9.17) is 10.8 Å². The van der Waals surface area contributed by atoms with Crippen molar-refractivity contribution in [3.8, 4) is 0 Å². The van der Waals surface area contributed by atoms with Crippen molar-refractivity contribution in [2.45, 2.75) is 0 Å². The Morgan fingerprint density at radius 3 is 2.44 bits per heavy atom. The van der Waals surface area contributed by atoms with Crippen molar-refractivity contribution in [2.75, 3.05) is 5.73 Å². The third-order valence-electron chi connectivity index (χ3n) is 2.39. The number of nitrogen functional groups attached to an aromatic ring is 1. The van der Waals surface area contributed by atoms with Gasteiger partial charge < -0.3 is 10.8 Å². The number of carboxylic acid groups (broad SMARTS) is 1. The molecule has 0 fully saturated rings. The zero-order valence-electron chi connectivity index (χ0n) is 9.20. The van der Waals surface area contributed by atoms with Gasteiger partial charge in [0.05, 0.1) is 11.3 Å². The van der Waals surface area contributed by atoms with Crippen LogP contribution in [0, 0.1) is 0 Å². The average molecular weight is 243 g/mol. The molecule has 1 aromatic heterocycles. The Morgan fingerprint density at radius 1 is 1.11 bits per heavy atom. The number of carbonyl (C=O) groups is 2. The molecule has 90 valence electrons. The van der Waals surface area contributed by atoms with Gasteiger partial charge in [0.1, 0.15) is 5.69 Å². The molecular weight excluding hydrogens is 234 g/mol. The summed E-state index contributed by atoms with van der Waals surface area (Å²) in [7, 11) is 0. The first-order chi connectivity index (χ1) is 8.61. The number of hydrogen-bond donors (Lipinski definition) is 2. The number of benzene rings is 1. The second-order valence-electron chi connectivity index (χ2n) is 3.51. The molecule has 0 aliphatic carbocycles. The van der Waals surface area contributed by atoms with Gasteiger partial charge in [-0.15, -0.1) is 5.10 Å². The Balaban J connectivity index is 2.50. The van der Waals surface area contributed by atoms with Gasteiger partial charge in [-0.3, -0.25) is 4.79 Å². The summed E-state index contributed by atoms with van der Waals surface area (Å²) in [5.74, 6) is -1.63. The van der Waals surface area contributed by atoms with Crippen LogP contribution in [0.15, 0.2) is 36.5 Å². The summed E-state index contributed by atoms with van der Waals surface area (Å²) in [6, 6.07) is 7.31. The van der Waals surface area contributed by atoms with Crippen LogP contribution in [0.25, 0.3) is 0 Å². The van der Waals surface area contributed by atoms with E-state index in [2.05, 4.69) is 10.2 Å². The van der Waals surface area contributed by atoms with Gasteiger partial charge in [-0.1, -0.05) is 6.07 Å². The highest BCUT2D eigenvalue weighted by Crippen LogP contribution is 2.20. The third kappa shape index (κ3) is 2.03. The lowest BCUT2D eigenvalue weighted by atomic mass is 10.0. The monoisotopic (exact) mass is 243 g/mol. The van der Waals surface area contributed by atoms with Crippen molar-refractivity contribution in [2.24, 2.45) is 0 Å². The molecule has 0 spiro atoms. The minimum absolute atomic E-state index is 0.0688. The van der Waals surface area contributed by atoms with E-state index in [1.165, 1.54) is 30.5 Å². The van der Waals surface area contributed by atoms with E-state index in [0.29, 0.717) is 0 Å². The van der Waals surface area contributed by atoms with Gasteiger partial charge in [0.25, 0.3) is 0 Å². The molecule has 2 aromatic rings. The molecule has 2 rings (SSSR count). The number of nitrogens with zero attached hydrogens (tertiary/aromatic N) is 2. The largest absolute Gasteiger partial charge is 0.478 e. The van der Waals surface area contributed by atoms with E-state index in [1.54, 1.807) is 6.07 Å². The number of ketones is 1. The molecule has 3 N–H and O–H groups in total. The highest BCUT2D eigenvalue weighted by Gasteiger charge is 2.18. The predicted molar refractivity (Wildman–Crippen MR) is 63.3 cm³/mol. The normalized spacial score (nSPS) is 10.0. The van der Waals surface area contributed by atoms with Crippen molar-refractivity contribution in [1.82, 2.24) is 10.2 Å². The van der Waals surface area contributed by atoms with Gasteiger partial charge in [0.2, 0.25) is 5.78 Å². The Morgan fingerprint density at radius 2 is 1.83 bits per heavy atom. The van der Waals surface area contributed by atoms with Gasteiger partial charge in [-0.05, 0) is 24.3 Å². The molecule has 0 aliphatic heterocycles. The fraction of sp³-hybridized carbons (Fsp3) is 0. The van der Waals surface area contributed by atoms with Crippen LogP contribution in [0.2, 0.25) is 0 Å². The van der Waals surface area contributed by atoms with E-state index >= 15 is 0 Å². The fourth-order valence-corrected chi connectivity index (χ4v) is 1.51. The van der Waals surface area contributed by atoms with Crippen LogP contribution in [0.3, 0.4) is 0 Å². The Hall–Kier alpha value is -2.76. The average Bonchev–Trinajstić information content (AvgIpc) is 2.39. The van der Waals surface area contributed by atoms with E-state index in [0.717, 1.165) is 0 Å². The fourth-order valence-electron chi connectivity index (χ4n) is 1.51. The van der Waals surface area contributed by atoms with Crippen LogP contribution in [-0.2, 0) is 0 Å². The first-order valence-corrected chi connectivity index (χ1v) is 5.05. The van der Waals surface area contributed by atoms with Crippen molar-refractivity contribution < 1.29 is 14.7 Å². The molecule has 0 unspecified atom stereocenters. The van der Waals surface area contributed by atoms with E-state index in [9.17, 15) is 9.59 Å². The van der Waals surface area contributed by atoms with Crippen LogP contribution < -0.4 is 5.73 Å². The highest BCUT2D eigenvalue weighted by atomic mass is 16.4. The lowest BCUT2D eigenvalue weighted by Crippen LogP contribution is -2.11. The standard InChI is InChI=1S/C12H9N3O3/c13-10-7(3-1-4-8(10)12(17)18)11(16)9-5-2-6-14-15-9/h1-6H,13H2,(H,17,18). The maximum Gasteiger partial charge on any atom is 0.337 e. The zero-order chi connectivity index (χ0) is 13.1. The summed E-state index contributed by atoms with van der Waals surface area (Å²) in [4.78, 5) is 23.0. The molecule has 6 nitrogen and oxygen atoms in total. The maximum atomic E-state index is 12.1. The molecule has 18 heavy (non-hydrogen) atoms. The summed E-state index contributed by atoms with van der Waals surface area (Å²) < 4.78 is 0. The quantitative estimate of drug-likeness (QED) is 0.615.